The molecule has 94 valence electrons. The van der Waals surface area contributed by atoms with Gasteiger partial charge in [0.2, 0.25) is 0 Å². The van der Waals surface area contributed by atoms with E-state index in [1.807, 2.05) is 0 Å². The Morgan fingerprint density at radius 3 is 2.19 bits per heavy atom. The summed E-state index contributed by atoms with van der Waals surface area (Å²) >= 11 is 0. The molecular formula is C14H26O2. The second-order valence-corrected chi connectivity index (χ2v) is 6.22. The first-order valence-corrected chi connectivity index (χ1v) is 6.48. The number of fused-ring (bicyclic) bond motifs is 2. The third-order valence-electron chi connectivity index (χ3n) is 3.81. The van der Waals surface area contributed by atoms with E-state index in [0.717, 1.165) is 18.3 Å². The molecule has 16 heavy (non-hydrogen) atoms. The third kappa shape index (κ3) is 2.78. The number of carbonyl (C=O) groups is 1. The summed E-state index contributed by atoms with van der Waals surface area (Å²) in [6.07, 6.45) is 4.88. The topological polar surface area (TPSA) is 26.3 Å². The highest BCUT2D eigenvalue weighted by Gasteiger charge is 2.52. The molecule has 0 aromatic heterocycles. The summed E-state index contributed by atoms with van der Waals surface area (Å²) in [5.41, 5.74) is -0.141. The van der Waals surface area contributed by atoms with Gasteiger partial charge in [0.1, 0.15) is 0 Å². The van der Waals surface area contributed by atoms with Gasteiger partial charge in [0, 0.05) is 0 Å². The average molecular weight is 226 g/mol. The number of esters is 1. The van der Waals surface area contributed by atoms with E-state index in [1.54, 1.807) is 0 Å². The van der Waals surface area contributed by atoms with Crippen molar-refractivity contribution in [1.82, 2.24) is 0 Å². The maximum atomic E-state index is 11.5. The molecule has 0 aliphatic heterocycles. The van der Waals surface area contributed by atoms with E-state index >= 15 is 0 Å². The van der Waals surface area contributed by atoms with Gasteiger partial charge in [0.15, 0.2) is 0 Å². The van der Waals surface area contributed by atoms with Crippen molar-refractivity contribution in [3.8, 4) is 0 Å². The van der Waals surface area contributed by atoms with Gasteiger partial charge in [-0.15, -0.1) is 0 Å². The highest BCUT2D eigenvalue weighted by atomic mass is 16.5. The summed E-state index contributed by atoms with van der Waals surface area (Å²) in [5.74, 6) is 2.25. The minimum atomic E-state index is -0.141. The molecule has 2 fully saturated rings. The zero-order chi connectivity index (χ0) is 12.3. The number of hydrogen-bond donors (Lipinski definition) is 0. The maximum Gasteiger partial charge on any atom is 0.311 e. The molecule has 0 heterocycles. The van der Waals surface area contributed by atoms with Gasteiger partial charge in [-0.2, -0.15) is 0 Å². The maximum absolute atomic E-state index is 11.5. The molecule has 2 bridgehead atoms. The van der Waals surface area contributed by atoms with Crippen LogP contribution in [0.4, 0.5) is 0 Å². The summed E-state index contributed by atoms with van der Waals surface area (Å²) in [6, 6.07) is 0. The molecule has 0 saturated heterocycles. The van der Waals surface area contributed by atoms with Crippen LogP contribution < -0.4 is 0 Å². The van der Waals surface area contributed by atoms with Gasteiger partial charge in [-0.05, 0) is 43.9 Å². The molecule has 3 unspecified atom stereocenters. The SMILES string of the molecule is CC(C)C.COC(=O)C1(C)CC2CCC1C2. The van der Waals surface area contributed by atoms with Crippen LogP contribution in [0.1, 0.15) is 53.4 Å². The van der Waals surface area contributed by atoms with E-state index in [9.17, 15) is 4.79 Å². The zero-order valence-corrected chi connectivity index (χ0v) is 11.4. The molecule has 2 rings (SSSR count). The third-order valence-corrected chi connectivity index (χ3v) is 3.81. The van der Waals surface area contributed by atoms with Crippen LogP contribution in [0.2, 0.25) is 0 Å². The van der Waals surface area contributed by atoms with Gasteiger partial charge in [-0.1, -0.05) is 27.2 Å². The molecule has 0 aromatic rings. The van der Waals surface area contributed by atoms with E-state index in [4.69, 9.17) is 4.74 Å². The summed E-state index contributed by atoms with van der Waals surface area (Å²) < 4.78 is 4.85. The van der Waals surface area contributed by atoms with Crippen molar-refractivity contribution in [2.75, 3.05) is 7.11 Å². The Labute approximate surface area is 99.8 Å². The fourth-order valence-electron chi connectivity index (χ4n) is 3.09. The lowest BCUT2D eigenvalue weighted by Crippen LogP contribution is -2.34. The van der Waals surface area contributed by atoms with E-state index < -0.39 is 0 Å². The van der Waals surface area contributed by atoms with Crippen LogP contribution in [0.25, 0.3) is 0 Å². The van der Waals surface area contributed by atoms with Gasteiger partial charge in [0.25, 0.3) is 0 Å². The molecule has 2 aliphatic carbocycles. The second kappa shape index (κ2) is 5.20. The molecular weight excluding hydrogens is 200 g/mol. The number of ether oxygens (including phenoxy) is 1. The molecule has 3 atom stereocenters. The molecule has 0 amide bonds. The lowest BCUT2D eigenvalue weighted by molar-refractivity contribution is -0.154. The molecule has 2 aliphatic rings. The largest absolute Gasteiger partial charge is 0.469 e. The highest BCUT2D eigenvalue weighted by Crippen LogP contribution is 2.56. The molecule has 2 heteroatoms. The van der Waals surface area contributed by atoms with Gasteiger partial charge in [-0.25, -0.2) is 0 Å². The molecule has 0 aromatic carbocycles. The Bertz CT molecular complexity index is 244. The molecule has 0 radical (unpaired) electrons. The van der Waals surface area contributed by atoms with Gasteiger partial charge >= 0.3 is 5.97 Å². The van der Waals surface area contributed by atoms with Crippen LogP contribution in [-0.2, 0) is 9.53 Å². The molecule has 0 spiro atoms. The second-order valence-electron chi connectivity index (χ2n) is 6.22. The minimum Gasteiger partial charge on any atom is -0.469 e. The van der Waals surface area contributed by atoms with Crippen molar-refractivity contribution >= 4 is 5.97 Å². The van der Waals surface area contributed by atoms with Crippen molar-refractivity contribution in [3.05, 3.63) is 0 Å². The fraction of sp³-hybridized carbons (Fsp3) is 0.929. The quantitative estimate of drug-likeness (QED) is 0.638. The Morgan fingerprint density at radius 1 is 1.31 bits per heavy atom. The van der Waals surface area contributed by atoms with Crippen LogP contribution in [0.15, 0.2) is 0 Å². The Morgan fingerprint density at radius 2 is 1.88 bits per heavy atom. The normalized spacial score (nSPS) is 35.9. The van der Waals surface area contributed by atoms with Crippen molar-refractivity contribution in [3.63, 3.8) is 0 Å². The van der Waals surface area contributed by atoms with Gasteiger partial charge in [-0.3, -0.25) is 4.79 Å². The van der Waals surface area contributed by atoms with E-state index in [-0.39, 0.29) is 11.4 Å². The Kier molecular flexibility index (Phi) is 4.40. The lowest BCUT2D eigenvalue weighted by atomic mass is 9.75. The lowest BCUT2D eigenvalue weighted by Gasteiger charge is -2.30. The number of rotatable bonds is 1. The summed E-state index contributed by atoms with van der Waals surface area (Å²) in [5, 5.41) is 0. The van der Waals surface area contributed by atoms with Crippen LogP contribution in [0.3, 0.4) is 0 Å². The summed E-state index contributed by atoms with van der Waals surface area (Å²) in [4.78, 5) is 11.5. The predicted octanol–water partition coefficient (Wildman–Crippen LogP) is 3.65. The number of methoxy groups -OCH3 is 1. The monoisotopic (exact) mass is 226 g/mol. The van der Waals surface area contributed by atoms with Crippen molar-refractivity contribution in [2.24, 2.45) is 23.2 Å². The van der Waals surface area contributed by atoms with Gasteiger partial charge < -0.3 is 4.74 Å². The standard InChI is InChI=1S/C10H16O2.C4H10/c1-10(9(11)12-2)6-7-3-4-8(10)5-7;1-4(2)3/h7-8H,3-6H2,1-2H3;4H,1-3H3. The molecule has 2 saturated carbocycles. The van der Waals surface area contributed by atoms with Crippen molar-refractivity contribution in [1.29, 1.82) is 0 Å². The smallest absolute Gasteiger partial charge is 0.311 e. The van der Waals surface area contributed by atoms with E-state index in [0.29, 0.717) is 5.92 Å². The minimum absolute atomic E-state index is 0.00898. The predicted molar refractivity (Wildman–Crippen MR) is 66.1 cm³/mol. The van der Waals surface area contributed by atoms with Crippen LogP contribution in [-0.4, -0.2) is 13.1 Å². The molecule has 2 nitrogen and oxygen atoms in total. The number of carbonyl (C=O) groups excluding carboxylic acids is 1. The first-order chi connectivity index (χ1) is 7.40. The first-order valence-electron chi connectivity index (χ1n) is 6.48. The highest BCUT2D eigenvalue weighted by molar-refractivity contribution is 5.77. The van der Waals surface area contributed by atoms with Crippen molar-refractivity contribution < 1.29 is 9.53 Å². The number of hydrogen-bond acceptors (Lipinski definition) is 2. The Hall–Kier alpha value is -0.530. The summed E-state index contributed by atoms with van der Waals surface area (Å²) in [7, 11) is 1.50. The van der Waals surface area contributed by atoms with Crippen molar-refractivity contribution in [2.45, 2.75) is 53.4 Å². The van der Waals surface area contributed by atoms with Crippen LogP contribution in [0, 0.1) is 23.2 Å². The van der Waals surface area contributed by atoms with E-state index in [1.165, 1.54) is 26.4 Å². The Balaban J connectivity index is 0.000000280. The molecule has 0 N–H and O–H groups in total. The van der Waals surface area contributed by atoms with Gasteiger partial charge in [0.05, 0.1) is 12.5 Å². The van der Waals surface area contributed by atoms with E-state index in [2.05, 4.69) is 27.7 Å². The van der Waals surface area contributed by atoms with Crippen LogP contribution >= 0.6 is 0 Å². The van der Waals surface area contributed by atoms with Crippen LogP contribution in [0.5, 0.6) is 0 Å². The average Bonchev–Trinajstić information content (AvgIpc) is 2.75. The fourth-order valence-corrected chi connectivity index (χ4v) is 3.09. The first kappa shape index (κ1) is 13.5. The zero-order valence-electron chi connectivity index (χ0n) is 11.4. The summed E-state index contributed by atoms with van der Waals surface area (Å²) in [6.45, 7) is 8.57.